The van der Waals surface area contributed by atoms with Gasteiger partial charge >= 0.3 is 0 Å². The molecule has 0 spiro atoms. The van der Waals surface area contributed by atoms with Crippen LogP contribution in [0.15, 0.2) is 23.1 Å². The van der Waals surface area contributed by atoms with Crippen molar-refractivity contribution in [3.63, 3.8) is 0 Å². The lowest BCUT2D eigenvalue weighted by Gasteiger charge is -2.00. The van der Waals surface area contributed by atoms with Crippen LogP contribution >= 0.6 is 11.3 Å². The molecule has 0 unspecified atom stereocenters. The summed E-state index contributed by atoms with van der Waals surface area (Å²) in [5.41, 5.74) is 6.04. The minimum atomic E-state index is -3.22. The minimum absolute atomic E-state index is 0.0730. The standard InChI is InChI=1S/C9H10N2O2S2/c1-2-15(12,13)7-5-3-4-6-8(7)11-9(10)14-6/h3-5H,2H2,1H3,(H2,10,11). The summed E-state index contributed by atoms with van der Waals surface area (Å²) >= 11 is 1.30. The molecule has 0 radical (unpaired) electrons. The van der Waals surface area contributed by atoms with Crippen LogP contribution in [0, 0.1) is 0 Å². The van der Waals surface area contributed by atoms with Crippen LogP contribution in [-0.2, 0) is 9.84 Å². The Morgan fingerprint density at radius 2 is 2.20 bits per heavy atom. The van der Waals surface area contributed by atoms with E-state index < -0.39 is 9.84 Å². The molecule has 1 aromatic heterocycles. The quantitative estimate of drug-likeness (QED) is 0.869. The number of fused-ring (bicyclic) bond motifs is 1. The van der Waals surface area contributed by atoms with Crippen molar-refractivity contribution in [2.45, 2.75) is 11.8 Å². The predicted octanol–water partition coefficient (Wildman–Crippen LogP) is 1.67. The van der Waals surface area contributed by atoms with E-state index in [4.69, 9.17) is 5.73 Å². The lowest BCUT2D eigenvalue weighted by atomic mass is 10.3. The van der Waals surface area contributed by atoms with Gasteiger partial charge in [-0.05, 0) is 12.1 Å². The maximum Gasteiger partial charge on any atom is 0.181 e. The zero-order valence-electron chi connectivity index (χ0n) is 8.10. The fraction of sp³-hybridized carbons (Fsp3) is 0.222. The smallest absolute Gasteiger partial charge is 0.181 e. The molecular formula is C9H10N2O2S2. The molecule has 0 aliphatic heterocycles. The third-order valence-corrected chi connectivity index (χ3v) is 4.72. The van der Waals surface area contributed by atoms with E-state index in [1.807, 2.05) is 6.07 Å². The first-order valence-corrected chi connectivity index (χ1v) is 6.89. The average Bonchev–Trinajstić information content (AvgIpc) is 2.57. The Morgan fingerprint density at radius 3 is 2.87 bits per heavy atom. The molecule has 0 aliphatic rings. The molecule has 0 saturated carbocycles. The number of benzene rings is 1. The highest BCUT2D eigenvalue weighted by Gasteiger charge is 2.17. The SMILES string of the molecule is CCS(=O)(=O)c1cccc2sc(N)nc12. The van der Waals surface area contributed by atoms with Gasteiger partial charge in [0.25, 0.3) is 0 Å². The van der Waals surface area contributed by atoms with Crippen LogP contribution < -0.4 is 5.73 Å². The third-order valence-electron chi connectivity index (χ3n) is 2.11. The van der Waals surface area contributed by atoms with Gasteiger partial charge in [-0.2, -0.15) is 0 Å². The number of nitrogen functional groups attached to an aromatic ring is 1. The molecule has 0 amide bonds. The van der Waals surface area contributed by atoms with Gasteiger partial charge in [0.2, 0.25) is 0 Å². The number of anilines is 1. The Labute approximate surface area is 91.7 Å². The highest BCUT2D eigenvalue weighted by Crippen LogP contribution is 2.29. The Morgan fingerprint density at radius 1 is 1.47 bits per heavy atom. The lowest BCUT2D eigenvalue weighted by molar-refractivity contribution is 0.598. The summed E-state index contributed by atoms with van der Waals surface area (Å²) in [7, 11) is -3.22. The highest BCUT2D eigenvalue weighted by atomic mass is 32.2. The zero-order chi connectivity index (χ0) is 11.1. The summed E-state index contributed by atoms with van der Waals surface area (Å²) < 4.78 is 24.3. The zero-order valence-corrected chi connectivity index (χ0v) is 9.73. The number of aromatic nitrogens is 1. The Balaban J connectivity index is 2.82. The first-order chi connectivity index (χ1) is 7.04. The fourth-order valence-electron chi connectivity index (χ4n) is 1.35. The van der Waals surface area contributed by atoms with Gasteiger partial charge in [-0.15, -0.1) is 0 Å². The van der Waals surface area contributed by atoms with Crippen molar-refractivity contribution in [1.29, 1.82) is 0 Å². The molecule has 0 atom stereocenters. The van der Waals surface area contributed by atoms with Gasteiger partial charge in [0, 0.05) is 0 Å². The van der Waals surface area contributed by atoms with Gasteiger partial charge in [-0.25, -0.2) is 13.4 Å². The topological polar surface area (TPSA) is 73.0 Å². The predicted molar refractivity (Wildman–Crippen MR) is 61.8 cm³/mol. The summed E-state index contributed by atoms with van der Waals surface area (Å²) in [6, 6.07) is 5.10. The summed E-state index contributed by atoms with van der Waals surface area (Å²) in [6.45, 7) is 1.61. The molecule has 0 saturated heterocycles. The van der Waals surface area contributed by atoms with Crippen molar-refractivity contribution < 1.29 is 8.42 Å². The van der Waals surface area contributed by atoms with Crippen molar-refractivity contribution >= 4 is 36.5 Å². The van der Waals surface area contributed by atoms with Crippen LogP contribution in [0.4, 0.5) is 5.13 Å². The first kappa shape index (κ1) is 10.4. The number of thiazole rings is 1. The van der Waals surface area contributed by atoms with E-state index >= 15 is 0 Å². The molecule has 4 nitrogen and oxygen atoms in total. The Bertz CT molecular complexity index is 602. The third kappa shape index (κ3) is 1.70. The van der Waals surface area contributed by atoms with Gasteiger partial charge in [0.15, 0.2) is 15.0 Å². The molecule has 80 valence electrons. The van der Waals surface area contributed by atoms with Gasteiger partial charge in [-0.3, -0.25) is 0 Å². The number of nitrogens with zero attached hydrogens (tertiary/aromatic N) is 1. The van der Waals surface area contributed by atoms with Crippen molar-refractivity contribution in [2.24, 2.45) is 0 Å². The van der Waals surface area contributed by atoms with Crippen molar-refractivity contribution in [3.8, 4) is 0 Å². The molecule has 2 N–H and O–H groups in total. The maximum absolute atomic E-state index is 11.7. The molecule has 0 fully saturated rings. The van der Waals surface area contributed by atoms with E-state index in [1.54, 1.807) is 19.1 Å². The first-order valence-electron chi connectivity index (χ1n) is 4.42. The molecule has 1 aromatic carbocycles. The minimum Gasteiger partial charge on any atom is -0.375 e. The second kappa shape index (κ2) is 3.46. The monoisotopic (exact) mass is 242 g/mol. The van der Waals surface area contributed by atoms with Crippen LogP contribution in [0.25, 0.3) is 10.2 Å². The number of sulfone groups is 1. The van der Waals surface area contributed by atoms with E-state index in [9.17, 15) is 8.42 Å². The fourth-order valence-corrected chi connectivity index (χ4v) is 3.22. The second-order valence-corrected chi connectivity index (χ2v) is 6.37. The lowest BCUT2D eigenvalue weighted by Crippen LogP contribution is -2.04. The number of hydrogen-bond donors (Lipinski definition) is 1. The molecule has 0 aliphatic carbocycles. The van der Waals surface area contributed by atoms with E-state index in [2.05, 4.69) is 4.98 Å². The number of hydrogen-bond acceptors (Lipinski definition) is 5. The maximum atomic E-state index is 11.7. The summed E-state index contributed by atoms with van der Waals surface area (Å²) in [5.74, 6) is 0.0730. The van der Waals surface area contributed by atoms with Crippen LogP contribution in [0.1, 0.15) is 6.92 Å². The number of para-hydroxylation sites is 1. The largest absolute Gasteiger partial charge is 0.375 e. The second-order valence-electron chi connectivity index (χ2n) is 3.06. The van der Waals surface area contributed by atoms with Crippen LogP contribution in [0.3, 0.4) is 0 Å². The van der Waals surface area contributed by atoms with E-state index in [-0.39, 0.29) is 10.6 Å². The van der Waals surface area contributed by atoms with Crippen molar-refractivity contribution in [2.75, 3.05) is 11.5 Å². The van der Waals surface area contributed by atoms with Crippen LogP contribution in [0.5, 0.6) is 0 Å². The van der Waals surface area contributed by atoms with Crippen LogP contribution in [-0.4, -0.2) is 19.2 Å². The summed E-state index contributed by atoms with van der Waals surface area (Å²) in [6.07, 6.45) is 0. The Kier molecular flexibility index (Phi) is 2.40. The van der Waals surface area contributed by atoms with E-state index in [0.29, 0.717) is 10.6 Å². The van der Waals surface area contributed by atoms with Gasteiger partial charge in [0.1, 0.15) is 5.52 Å². The highest BCUT2D eigenvalue weighted by molar-refractivity contribution is 7.91. The molecule has 6 heteroatoms. The molecule has 2 aromatic rings. The molecule has 1 heterocycles. The van der Waals surface area contributed by atoms with Crippen molar-refractivity contribution in [3.05, 3.63) is 18.2 Å². The van der Waals surface area contributed by atoms with Gasteiger partial charge in [0.05, 0.1) is 15.3 Å². The van der Waals surface area contributed by atoms with Gasteiger partial charge in [-0.1, -0.05) is 24.3 Å². The number of rotatable bonds is 2. The average molecular weight is 242 g/mol. The van der Waals surface area contributed by atoms with E-state index in [1.165, 1.54) is 11.3 Å². The van der Waals surface area contributed by atoms with E-state index in [0.717, 1.165) is 4.70 Å². The van der Waals surface area contributed by atoms with Gasteiger partial charge < -0.3 is 5.73 Å². The Hall–Kier alpha value is -1.14. The molecule has 15 heavy (non-hydrogen) atoms. The van der Waals surface area contributed by atoms with Crippen LogP contribution in [0.2, 0.25) is 0 Å². The number of nitrogens with two attached hydrogens (primary N) is 1. The summed E-state index contributed by atoms with van der Waals surface area (Å²) in [4.78, 5) is 4.32. The summed E-state index contributed by atoms with van der Waals surface area (Å²) in [5, 5.41) is 0.392. The normalized spacial score (nSPS) is 12.1. The molecule has 0 bridgehead atoms. The van der Waals surface area contributed by atoms with Crippen molar-refractivity contribution in [1.82, 2.24) is 4.98 Å². The molecule has 2 rings (SSSR count). The molecular weight excluding hydrogens is 232 g/mol.